The van der Waals surface area contributed by atoms with Gasteiger partial charge in [0, 0.05) is 6.54 Å². The first-order valence-corrected chi connectivity index (χ1v) is 4.59. The zero-order valence-electron chi connectivity index (χ0n) is 8.31. The van der Waals surface area contributed by atoms with Crippen LogP contribution in [0.15, 0.2) is 12.1 Å². The molecule has 0 fully saturated rings. The van der Waals surface area contributed by atoms with E-state index in [4.69, 9.17) is 5.73 Å². The van der Waals surface area contributed by atoms with Gasteiger partial charge in [0.05, 0.1) is 11.3 Å². The van der Waals surface area contributed by atoms with Gasteiger partial charge in [-0.1, -0.05) is 6.92 Å². The van der Waals surface area contributed by atoms with E-state index in [0.717, 1.165) is 18.6 Å². The van der Waals surface area contributed by atoms with Crippen molar-refractivity contribution in [3.05, 3.63) is 29.3 Å². The van der Waals surface area contributed by atoms with Crippen LogP contribution in [0.25, 0.3) is 0 Å². The summed E-state index contributed by atoms with van der Waals surface area (Å²) in [6.07, 6.45) is 0.720. The summed E-state index contributed by atoms with van der Waals surface area (Å²) in [6.45, 7) is 2.27. The van der Waals surface area contributed by atoms with Crippen molar-refractivity contribution in [3.63, 3.8) is 0 Å². The summed E-state index contributed by atoms with van der Waals surface area (Å²) in [6, 6.07) is 1.67. The van der Waals surface area contributed by atoms with Gasteiger partial charge in [0.2, 0.25) is 0 Å². The van der Waals surface area contributed by atoms with E-state index in [1.54, 1.807) is 0 Å². The Labute approximate surface area is 86.3 Å². The number of amides is 1. The summed E-state index contributed by atoms with van der Waals surface area (Å²) in [5, 5.41) is 2.44. The van der Waals surface area contributed by atoms with Gasteiger partial charge in [0.1, 0.15) is 5.82 Å². The predicted molar refractivity (Wildman–Crippen MR) is 53.4 cm³/mol. The average Bonchev–Trinajstić information content (AvgIpc) is 2.19. The Kier molecular flexibility index (Phi) is 3.60. The van der Waals surface area contributed by atoms with E-state index >= 15 is 0 Å². The number of carbonyl (C=O) groups excluding carboxylic acids is 1. The summed E-state index contributed by atoms with van der Waals surface area (Å²) in [5.74, 6) is -2.26. The molecule has 0 aliphatic rings. The van der Waals surface area contributed by atoms with E-state index < -0.39 is 17.5 Å². The molecule has 0 saturated heterocycles. The molecule has 5 heteroatoms. The van der Waals surface area contributed by atoms with E-state index in [-0.39, 0.29) is 11.3 Å². The van der Waals surface area contributed by atoms with Crippen molar-refractivity contribution in [1.82, 2.24) is 5.32 Å². The molecular weight excluding hydrogens is 202 g/mol. The monoisotopic (exact) mass is 214 g/mol. The van der Waals surface area contributed by atoms with Gasteiger partial charge in [-0.2, -0.15) is 0 Å². The SMILES string of the molecule is CCCNC(=O)c1cc(F)cc(N)c1F. The zero-order valence-corrected chi connectivity index (χ0v) is 8.31. The third-order valence-corrected chi connectivity index (χ3v) is 1.85. The molecule has 3 nitrogen and oxygen atoms in total. The van der Waals surface area contributed by atoms with Crippen LogP contribution in [0.5, 0.6) is 0 Å². The highest BCUT2D eigenvalue weighted by atomic mass is 19.1. The number of rotatable bonds is 3. The van der Waals surface area contributed by atoms with Gasteiger partial charge in [0.25, 0.3) is 5.91 Å². The van der Waals surface area contributed by atoms with Gasteiger partial charge in [-0.15, -0.1) is 0 Å². The molecule has 82 valence electrons. The van der Waals surface area contributed by atoms with Crippen LogP contribution in [0, 0.1) is 11.6 Å². The minimum absolute atomic E-state index is 0.360. The summed E-state index contributed by atoms with van der Waals surface area (Å²) in [5.41, 5.74) is 4.47. The third kappa shape index (κ3) is 2.65. The van der Waals surface area contributed by atoms with Crippen LogP contribution in [-0.4, -0.2) is 12.5 Å². The molecule has 1 aromatic rings. The first-order valence-electron chi connectivity index (χ1n) is 4.59. The molecule has 0 unspecified atom stereocenters. The Bertz CT molecular complexity index is 380. The van der Waals surface area contributed by atoms with Crippen molar-refractivity contribution >= 4 is 11.6 Å². The number of carbonyl (C=O) groups is 1. The molecule has 0 aliphatic heterocycles. The van der Waals surface area contributed by atoms with Crippen LogP contribution in [-0.2, 0) is 0 Å². The second-order valence-corrected chi connectivity index (χ2v) is 3.11. The molecule has 0 bridgehead atoms. The minimum Gasteiger partial charge on any atom is -0.396 e. The lowest BCUT2D eigenvalue weighted by Crippen LogP contribution is -2.25. The van der Waals surface area contributed by atoms with Gasteiger partial charge in [-0.3, -0.25) is 4.79 Å². The molecule has 3 N–H and O–H groups in total. The van der Waals surface area contributed by atoms with Gasteiger partial charge in [-0.05, 0) is 18.6 Å². The topological polar surface area (TPSA) is 55.1 Å². The number of benzene rings is 1. The molecule has 0 spiro atoms. The molecular formula is C10H12F2N2O. The molecule has 0 aliphatic carbocycles. The Morgan fingerprint density at radius 2 is 2.13 bits per heavy atom. The van der Waals surface area contributed by atoms with Crippen molar-refractivity contribution in [2.75, 3.05) is 12.3 Å². The molecule has 0 aromatic heterocycles. The number of nitrogen functional groups attached to an aromatic ring is 1. The highest BCUT2D eigenvalue weighted by molar-refractivity contribution is 5.95. The lowest BCUT2D eigenvalue weighted by Gasteiger charge is -2.06. The fraction of sp³-hybridized carbons (Fsp3) is 0.300. The van der Waals surface area contributed by atoms with Crippen LogP contribution in [0.4, 0.5) is 14.5 Å². The maximum absolute atomic E-state index is 13.3. The molecule has 0 radical (unpaired) electrons. The Morgan fingerprint density at radius 1 is 1.47 bits per heavy atom. The maximum atomic E-state index is 13.3. The lowest BCUT2D eigenvalue weighted by atomic mass is 10.1. The van der Waals surface area contributed by atoms with Crippen molar-refractivity contribution in [3.8, 4) is 0 Å². The fourth-order valence-electron chi connectivity index (χ4n) is 1.11. The average molecular weight is 214 g/mol. The summed E-state index contributed by atoms with van der Waals surface area (Å²) in [7, 11) is 0. The molecule has 0 atom stereocenters. The standard InChI is InChI=1S/C10H12F2N2O/c1-2-3-14-10(15)7-4-6(11)5-8(13)9(7)12/h4-5H,2-3,13H2,1H3,(H,14,15). The van der Waals surface area contributed by atoms with Crippen molar-refractivity contribution in [1.29, 1.82) is 0 Å². The van der Waals surface area contributed by atoms with Gasteiger partial charge in [-0.25, -0.2) is 8.78 Å². The van der Waals surface area contributed by atoms with Crippen LogP contribution >= 0.6 is 0 Å². The first kappa shape index (κ1) is 11.4. The summed E-state index contributed by atoms with van der Waals surface area (Å²) >= 11 is 0. The Hall–Kier alpha value is -1.65. The minimum atomic E-state index is -0.884. The summed E-state index contributed by atoms with van der Waals surface area (Å²) < 4.78 is 26.2. The predicted octanol–water partition coefficient (Wildman–Crippen LogP) is 1.69. The molecule has 1 amide bonds. The van der Waals surface area contributed by atoms with Crippen LogP contribution in [0.2, 0.25) is 0 Å². The van der Waals surface area contributed by atoms with E-state index in [9.17, 15) is 13.6 Å². The van der Waals surface area contributed by atoms with Crippen molar-refractivity contribution < 1.29 is 13.6 Å². The molecule has 0 heterocycles. The van der Waals surface area contributed by atoms with E-state index in [1.165, 1.54) is 0 Å². The number of hydrogen-bond donors (Lipinski definition) is 2. The number of hydrogen-bond acceptors (Lipinski definition) is 2. The highest BCUT2D eigenvalue weighted by Gasteiger charge is 2.15. The zero-order chi connectivity index (χ0) is 11.4. The van der Waals surface area contributed by atoms with Crippen molar-refractivity contribution in [2.45, 2.75) is 13.3 Å². The van der Waals surface area contributed by atoms with Gasteiger partial charge < -0.3 is 11.1 Å². The second-order valence-electron chi connectivity index (χ2n) is 3.11. The maximum Gasteiger partial charge on any atom is 0.254 e. The van der Waals surface area contributed by atoms with Gasteiger partial charge in [0.15, 0.2) is 5.82 Å². The lowest BCUT2D eigenvalue weighted by molar-refractivity contribution is 0.0949. The number of nitrogens with two attached hydrogens (primary N) is 1. The molecule has 0 saturated carbocycles. The molecule has 1 aromatic carbocycles. The normalized spacial score (nSPS) is 10.1. The summed E-state index contributed by atoms with van der Waals surface area (Å²) in [4.78, 5) is 11.4. The van der Waals surface area contributed by atoms with E-state index in [0.29, 0.717) is 6.54 Å². The van der Waals surface area contributed by atoms with E-state index in [1.807, 2.05) is 6.92 Å². The smallest absolute Gasteiger partial charge is 0.254 e. The molecule has 1 rings (SSSR count). The number of anilines is 1. The number of halogens is 2. The van der Waals surface area contributed by atoms with Gasteiger partial charge >= 0.3 is 0 Å². The molecule has 15 heavy (non-hydrogen) atoms. The van der Waals surface area contributed by atoms with Crippen LogP contribution < -0.4 is 11.1 Å². The first-order chi connectivity index (χ1) is 7.06. The largest absolute Gasteiger partial charge is 0.396 e. The second kappa shape index (κ2) is 4.72. The fourth-order valence-corrected chi connectivity index (χ4v) is 1.11. The number of nitrogens with one attached hydrogen (secondary N) is 1. The Morgan fingerprint density at radius 3 is 2.73 bits per heavy atom. The van der Waals surface area contributed by atoms with Crippen molar-refractivity contribution in [2.24, 2.45) is 0 Å². The highest BCUT2D eigenvalue weighted by Crippen LogP contribution is 2.17. The van der Waals surface area contributed by atoms with E-state index in [2.05, 4.69) is 5.32 Å². The third-order valence-electron chi connectivity index (χ3n) is 1.85. The van der Waals surface area contributed by atoms with Crippen LogP contribution in [0.3, 0.4) is 0 Å². The Balaban J connectivity index is 2.98. The van der Waals surface area contributed by atoms with Crippen LogP contribution in [0.1, 0.15) is 23.7 Å². The quantitative estimate of drug-likeness (QED) is 0.752.